The van der Waals surface area contributed by atoms with Gasteiger partial charge in [-0.3, -0.25) is 4.79 Å². The third-order valence-electron chi connectivity index (χ3n) is 5.27. The van der Waals surface area contributed by atoms with Crippen LogP contribution in [0.3, 0.4) is 0 Å². The first-order valence-electron chi connectivity index (χ1n) is 10.8. The van der Waals surface area contributed by atoms with Gasteiger partial charge < -0.3 is 30.6 Å². The van der Waals surface area contributed by atoms with Crippen LogP contribution in [0.25, 0.3) is 0 Å². The van der Waals surface area contributed by atoms with Gasteiger partial charge >= 0.3 is 12.1 Å². The summed E-state index contributed by atoms with van der Waals surface area (Å²) < 4.78 is 4.91. The Bertz CT molecular complexity index is 606. The molecule has 10 heteroatoms. The molecule has 0 spiro atoms. The van der Waals surface area contributed by atoms with Crippen LogP contribution in [0.2, 0.25) is 0 Å². The van der Waals surface area contributed by atoms with Crippen LogP contribution < -0.4 is 16.0 Å². The van der Waals surface area contributed by atoms with Gasteiger partial charge in [0.1, 0.15) is 12.1 Å². The number of carboxylic acid groups (broad SMARTS) is 1. The molecule has 2 atom stereocenters. The van der Waals surface area contributed by atoms with E-state index in [1.807, 2.05) is 6.92 Å². The van der Waals surface area contributed by atoms with Gasteiger partial charge in [-0.15, -0.1) is 0 Å². The second-order valence-corrected chi connectivity index (χ2v) is 7.85. The quantitative estimate of drug-likeness (QED) is 0.346. The van der Waals surface area contributed by atoms with Gasteiger partial charge in [0.05, 0.1) is 18.7 Å². The second kappa shape index (κ2) is 13.0. The summed E-state index contributed by atoms with van der Waals surface area (Å²) in [6.07, 6.45) is 4.62. The highest BCUT2D eigenvalue weighted by Crippen LogP contribution is 2.23. The first-order chi connectivity index (χ1) is 14.5. The van der Waals surface area contributed by atoms with E-state index in [-0.39, 0.29) is 38.0 Å². The topological polar surface area (TPSA) is 138 Å². The van der Waals surface area contributed by atoms with Crippen LogP contribution in [0.15, 0.2) is 5.16 Å². The predicted molar refractivity (Wildman–Crippen MR) is 110 cm³/mol. The number of alkyl carbamates (subject to hydrolysis) is 1. The van der Waals surface area contributed by atoms with Crippen molar-refractivity contribution in [2.75, 3.05) is 26.2 Å². The molecule has 0 aromatic heterocycles. The lowest BCUT2D eigenvalue weighted by molar-refractivity contribution is -0.139. The monoisotopic (exact) mass is 426 g/mol. The molecule has 170 valence electrons. The molecule has 0 bridgehead atoms. The maximum absolute atomic E-state index is 12.1. The van der Waals surface area contributed by atoms with Gasteiger partial charge in [0.15, 0.2) is 0 Å². The highest BCUT2D eigenvalue weighted by Gasteiger charge is 2.26. The molecule has 2 rings (SSSR count). The zero-order valence-corrected chi connectivity index (χ0v) is 17.7. The number of ether oxygens (including phenoxy) is 1. The van der Waals surface area contributed by atoms with Crippen LogP contribution in [0.5, 0.6) is 0 Å². The number of oxime groups is 1. The number of carbonyl (C=O) groups is 3. The number of amides is 2. The fraction of sp³-hybridized carbons (Fsp3) is 0.800. The van der Waals surface area contributed by atoms with Crippen LogP contribution in [0, 0.1) is 5.92 Å². The largest absolute Gasteiger partial charge is 0.480 e. The van der Waals surface area contributed by atoms with Crippen molar-refractivity contribution in [3.05, 3.63) is 0 Å². The molecule has 2 aliphatic rings. The van der Waals surface area contributed by atoms with Crippen molar-refractivity contribution in [3.8, 4) is 0 Å². The molecule has 30 heavy (non-hydrogen) atoms. The molecule has 0 aliphatic carbocycles. The van der Waals surface area contributed by atoms with Gasteiger partial charge in [-0.25, -0.2) is 9.59 Å². The van der Waals surface area contributed by atoms with E-state index in [1.54, 1.807) is 0 Å². The molecular formula is C20H34N4O6. The van der Waals surface area contributed by atoms with Gasteiger partial charge in [-0.05, 0) is 51.1 Å². The third kappa shape index (κ3) is 8.98. The number of unbranched alkanes of at least 4 members (excludes halogenated alkanes) is 1. The van der Waals surface area contributed by atoms with E-state index in [0.717, 1.165) is 44.5 Å². The minimum atomic E-state index is -1.17. The summed E-state index contributed by atoms with van der Waals surface area (Å²) in [5.74, 6) is -0.782. The maximum atomic E-state index is 12.1. The molecule has 2 amide bonds. The summed E-state index contributed by atoms with van der Waals surface area (Å²) in [6.45, 7) is 4.40. The minimum Gasteiger partial charge on any atom is -0.480 e. The van der Waals surface area contributed by atoms with Crippen LogP contribution in [0.4, 0.5) is 4.79 Å². The summed E-state index contributed by atoms with van der Waals surface area (Å²) in [6, 6.07) is -1.12. The van der Waals surface area contributed by atoms with Crippen molar-refractivity contribution in [3.63, 3.8) is 0 Å². The lowest BCUT2D eigenvalue weighted by atomic mass is 9.91. The summed E-state index contributed by atoms with van der Waals surface area (Å²) in [4.78, 5) is 40.4. The SMILES string of the molecule is CCCCOC(=O)NC(CCNC(=O)CC1CC(CC2CCNCC2)=NO1)C(=O)O. The van der Waals surface area contributed by atoms with E-state index in [0.29, 0.717) is 18.8 Å². The summed E-state index contributed by atoms with van der Waals surface area (Å²) >= 11 is 0. The smallest absolute Gasteiger partial charge is 0.407 e. The minimum absolute atomic E-state index is 0.0624. The molecule has 1 fully saturated rings. The maximum Gasteiger partial charge on any atom is 0.407 e. The average molecular weight is 427 g/mol. The van der Waals surface area contributed by atoms with Crippen LogP contribution >= 0.6 is 0 Å². The number of rotatable bonds is 12. The zero-order valence-electron chi connectivity index (χ0n) is 17.7. The van der Waals surface area contributed by atoms with Gasteiger partial charge in [-0.1, -0.05) is 18.5 Å². The fourth-order valence-corrected chi connectivity index (χ4v) is 3.52. The Morgan fingerprint density at radius 3 is 2.80 bits per heavy atom. The molecule has 1 saturated heterocycles. The molecular weight excluding hydrogens is 392 g/mol. The number of hydrogen-bond donors (Lipinski definition) is 4. The van der Waals surface area contributed by atoms with Crippen LogP contribution in [-0.4, -0.2) is 67.2 Å². The van der Waals surface area contributed by atoms with Crippen molar-refractivity contribution in [2.45, 2.75) is 70.4 Å². The number of carbonyl (C=O) groups excluding carboxylic acids is 2. The van der Waals surface area contributed by atoms with Crippen LogP contribution in [0.1, 0.15) is 58.3 Å². The van der Waals surface area contributed by atoms with E-state index >= 15 is 0 Å². The third-order valence-corrected chi connectivity index (χ3v) is 5.27. The Morgan fingerprint density at radius 1 is 1.33 bits per heavy atom. The highest BCUT2D eigenvalue weighted by atomic mass is 16.6. The normalized spacial score (nSPS) is 20.0. The molecule has 0 aromatic carbocycles. The summed E-state index contributed by atoms with van der Waals surface area (Å²) in [5.41, 5.74) is 1.01. The van der Waals surface area contributed by atoms with E-state index in [2.05, 4.69) is 21.1 Å². The zero-order chi connectivity index (χ0) is 21.8. The Morgan fingerprint density at radius 2 is 2.10 bits per heavy atom. The molecule has 0 saturated carbocycles. The summed E-state index contributed by atoms with van der Waals surface area (Å²) in [7, 11) is 0. The van der Waals surface area contributed by atoms with Crippen molar-refractivity contribution >= 4 is 23.7 Å². The van der Waals surface area contributed by atoms with Gasteiger partial charge in [0.25, 0.3) is 0 Å². The first kappa shape index (κ1) is 23.9. The van der Waals surface area contributed by atoms with E-state index in [9.17, 15) is 19.5 Å². The molecule has 2 unspecified atom stereocenters. The highest BCUT2D eigenvalue weighted by molar-refractivity contribution is 5.87. The molecule has 2 aliphatic heterocycles. The van der Waals surface area contributed by atoms with Crippen molar-refractivity contribution in [1.82, 2.24) is 16.0 Å². The molecule has 2 heterocycles. The first-order valence-corrected chi connectivity index (χ1v) is 10.8. The van der Waals surface area contributed by atoms with Crippen molar-refractivity contribution < 1.29 is 29.1 Å². The number of piperidine rings is 1. The predicted octanol–water partition coefficient (Wildman–Crippen LogP) is 1.40. The van der Waals surface area contributed by atoms with Gasteiger partial charge in [-0.2, -0.15) is 0 Å². The molecule has 0 radical (unpaired) electrons. The fourth-order valence-electron chi connectivity index (χ4n) is 3.52. The number of carboxylic acids is 1. The van der Waals surface area contributed by atoms with Gasteiger partial charge in [0, 0.05) is 13.0 Å². The standard InChI is InChI=1S/C20H34N4O6/c1-2-3-10-29-20(28)23-17(19(26)27)6-9-22-18(25)13-16-12-15(24-30-16)11-14-4-7-21-8-5-14/h14,16-17,21H,2-13H2,1H3,(H,22,25)(H,23,28)(H,26,27). The van der Waals surface area contributed by atoms with Gasteiger partial charge in [0.2, 0.25) is 5.91 Å². The number of nitrogens with zero attached hydrogens (tertiary/aromatic N) is 1. The van der Waals surface area contributed by atoms with E-state index < -0.39 is 18.1 Å². The number of aliphatic carboxylic acids is 1. The number of nitrogens with one attached hydrogen (secondary N) is 3. The second-order valence-electron chi connectivity index (χ2n) is 7.85. The Kier molecular flexibility index (Phi) is 10.4. The molecule has 4 N–H and O–H groups in total. The lowest BCUT2D eigenvalue weighted by Crippen LogP contribution is -2.43. The van der Waals surface area contributed by atoms with Crippen molar-refractivity contribution in [1.29, 1.82) is 0 Å². The Balaban J connectivity index is 1.61. The lowest BCUT2D eigenvalue weighted by Gasteiger charge is -2.21. The number of hydrogen-bond acceptors (Lipinski definition) is 7. The molecule has 0 aromatic rings. The molecule has 10 nitrogen and oxygen atoms in total. The van der Waals surface area contributed by atoms with E-state index in [4.69, 9.17) is 9.57 Å². The Hall–Kier alpha value is -2.36. The Labute approximate surface area is 177 Å². The summed E-state index contributed by atoms with van der Waals surface area (Å²) in [5, 5.41) is 21.7. The van der Waals surface area contributed by atoms with Crippen LogP contribution in [-0.2, 0) is 19.2 Å². The average Bonchev–Trinajstić information content (AvgIpc) is 3.14. The van der Waals surface area contributed by atoms with Crippen molar-refractivity contribution in [2.24, 2.45) is 11.1 Å². The van der Waals surface area contributed by atoms with E-state index in [1.165, 1.54) is 0 Å².